The number of benzene rings is 1. The molecule has 124 valence electrons. The molecule has 1 N–H and O–H groups in total. The van der Waals surface area contributed by atoms with Crippen LogP contribution in [0.3, 0.4) is 0 Å². The Bertz CT molecular complexity index is 730. The highest BCUT2D eigenvalue weighted by Crippen LogP contribution is 2.26. The molecule has 0 unspecified atom stereocenters. The first-order chi connectivity index (χ1) is 11.7. The Hall–Kier alpha value is -2.65. The van der Waals surface area contributed by atoms with E-state index in [4.69, 9.17) is 4.74 Å². The van der Waals surface area contributed by atoms with E-state index in [1.165, 1.54) is 11.9 Å². The van der Waals surface area contributed by atoms with Crippen LogP contribution in [0.25, 0.3) is 0 Å². The zero-order valence-electron chi connectivity index (χ0n) is 14.0. The van der Waals surface area contributed by atoms with Gasteiger partial charge in [-0.05, 0) is 23.6 Å². The molecule has 0 spiro atoms. The lowest BCUT2D eigenvalue weighted by Crippen LogP contribution is -2.37. The number of nitriles is 1. The van der Waals surface area contributed by atoms with Crippen LogP contribution >= 0.6 is 0 Å². The average molecular weight is 323 g/mol. The average Bonchev–Trinajstić information content (AvgIpc) is 2.62. The van der Waals surface area contributed by atoms with Crippen LogP contribution in [0.1, 0.15) is 30.9 Å². The lowest BCUT2D eigenvalue weighted by atomic mass is 10.0. The minimum atomic E-state index is 0.465. The molecule has 1 aliphatic rings. The number of nitrogens with one attached hydrogen (secondary N) is 1. The molecule has 1 aromatic heterocycles. The van der Waals surface area contributed by atoms with E-state index in [2.05, 4.69) is 52.2 Å². The maximum Gasteiger partial charge on any atom is 0.153 e. The van der Waals surface area contributed by atoms with E-state index in [1.807, 2.05) is 12.1 Å². The number of rotatable bonds is 4. The molecule has 0 aliphatic carbocycles. The molecule has 3 rings (SSSR count). The van der Waals surface area contributed by atoms with E-state index in [9.17, 15) is 5.26 Å². The number of nitrogens with zero attached hydrogens (tertiary/aromatic N) is 4. The van der Waals surface area contributed by atoms with Crippen LogP contribution in [0, 0.1) is 11.3 Å². The van der Waals surface area contributed by atoms with E-state index in [0.717, 1.165) is 18.8 Å². The number of hydrogen-bond donors (Lipinski definition) is 1. The molecule has 1 saturated heterocycles. The highest BCUT2D eigenvalue weighted by Gasteiger charge is 2.19. The molecule has 0 bridgehead atoms. The van der Waals surface area contributed by atoms with E-state index < -0.39 is 0 Å². The molecule has 1 aromatic carbocycles. The molecule has 0 radical (unpaired) electrons. The third-order valence-corrected chi connectivity index (χ3v) is 4.09. The second kappa shape index (κ2) is 7.28. The summed E-state index contributed by atoms with van der Waals surface area (Å²) in [7, 11) is 0. The molecule has 0 saturated carbocycles. The highest BCUT2D eigenvalue weighted by molar-refractivity contribution is 5.70. The molecule has 1 fully saturated rings. The third-order valence-electron chi connectivity index (χ3n) is 4.09. The van der Waals surface area contributed by atoms with Gasteiger partial charge in [0, 0.05) is 18.8 Å². The quantitative estimate of drug-likeness (QED) is 0.932. The standard InChI is InChI=1S/C18H21N5O/c1-13(2)14-3-5-15(6-4-14)22-17-16(11-19)18(21-12-20-17)23-7-9-24-10-8-23/h3-6,12-13H,7-10H2,1-2H3,(H,20,21,22). The Morgan fingerprint density at radius 2 is 1.88 bits per heavy atom. The van der Waals surface area contributed by atoms with Crippen LogP contribution in [0.2, 0.25) is 0 Å². The molecular formula is C18H21N5O. The summed E-state index contributed by atoms with van der Waals surface area (Å²) in [5.74, 6) is 1.68. The van der Waals surface area contributed by atoms with Crippen LogP contribution < -0.4 is 10.2 Å². The van der Waals surface area contributed by atoms with Crippen molar-refractivity contribution in [3.8, 4) is 6.07 Å². The molecule has 0 atom stereocenters. The van der Waals surface area contributed by atoms with Gasteiger partial charge in [-0.2, -0.15) is 5.26 Å². The Labute approximate surface area is 142 Å². The normalized spacial score (nSPS) is 14.5. The van der Waals surface area contributed by atoms with Crippen LogP contribution in [-0.2, 0) is 4.74 Å². The predicted molar refractivity (Wildman–Crippen MR) is 93.6 cm³/mol. The minimum Gasteiger partial charge on any atom is -0.378 e. The number of anilines is 3. The van der Waals surface area contributed by atoms with Crippen molar-refractivity contribution in [1.82, 2.24) is 9.97 Å². The van der Waals surface area contributed by atoms with Gasteiger partial charge in [-0.3, -0.25) is 0 Å². The minimum absolute atomic E-state index is 0.465. The fourth-order valence-corrected chi connectivity index (χ4v) is 2.68. The number of hydrogen-bond acceptors (Lipinski definition) is 6. The first-order valence-electron chi connectivity index (χ1n) is 8.14. The Balaban J connectivity index is 1.86. The van der Waals surface area contributed by atoms with Gasteiger partial charge in [0.25, 0.3) is 0 Å². The number of morpholine rings is 1. The van der Waals surface area contributed by atoms with Crippen LogP contribution in [0.4, 0.5) is 17.3 Å². The van der Waals surface area contributed by atoms with Crippen molar-refractivity contribution in [3.63, 3.8) is 0 Å². The fraction of sp³-hybridized carbons (Fsp3) is 0.389. The lowest BCUT2D eigenvalue weighted by molar-refractivity contribution is 0.122. The fourth-order valence-electron chi connectivity index (χ4n) is 2.68. The van der Waals surface area contributed by atoms with Crippen LogP contribution in [0.15, 0.2) is 30.6 Å². The molecule has 6 heteroatoms. The largest absolute Gasteiger partial charge is 0.378 e. The maximum absolute atomic E-state index is 9.60. The Morgan fingerprint density at radius 1 is 1.17 bits per heavy atom. The summed E-state index contributed by atoms with van der Waals surface area (Å²) >= 11 is 0. The van der Waals surface area contributed by atoms with Crippen molar-refractivity contribution in [2.75, 3.05) is 36.5 Å². The van der Waals surface area contributed by atoms with E-state index >= 15 is 0 Å². The maximum atomic E-state index is 9.60. The zero-order chi connectivity index (χ0) is 16.9. The van der Waals surface area contributed by atoms with Gasteiger partial charge in [0.05, 0.1) is 13.2 Å². The van der Waals surface area contributed by atoms with Gasteiger partial charge in [0.1, 0.15) is 18.0 Å². The summed E-state index contributed by atoms with van der Waals surface area (Å²) in [6, 6.07) is 10.4. The second-order valence-corrected chi connectivity index (χ2v) is 6.03. The SMILES string of the molecule is CC(C)c1ccc(Nc2ncnc(N3CCOCC3)c2C#N)cc1. The summed E-state index contributed by atoms with van der Waals surface area (Å²) in [6.45, 7) is 7.08. The molecular weight excluding hydrogens is 302 g/mol. The topological polar surface area (TPSA) is 74.1 Å². The van der Waals surface area contributed by atoms with Crippen LogP contribution in [0.5, 0.6) is 0 Å². The summed E-state index contributed by atoms with van der Waals surface area (Å²) in [4.78, 5) is 10.6. The van der Waals surface area contributed by atoms with Crippen molar-refractivity contribution in [2.24, 2.45) is 0 Å². The number of ether oxygens (including phenoxy) is 1. The summed E-state index contributed by atoms with van der Waals surface area (Å²) in [5, 5.41) is 12.8. The summed E-state index contributed by atoms with van der Waals surface area (Å²) in [5.41, 5.74) is 2.65. The predicted octanol–water partition coefficient (Wildman–Crippen LogP) is 3.05. The van der Waals surface area contributed by atoms with Crippen molar-refractivity contribution in [3.05, 3.63) is 41.7 Å². The highest BCUT2D eigenvalue weighted by atomic mass is 16.5. The van der Waals surface area contributed by atoms with Gasteiger partial charge < -0.3 is 15.0 Å². The molecule has 24 heavy (non-hydrogen) atoms. The monoisotopic (exact) mass is 323 g/mol. The summed E-state index contributed by atoms with van der Waals surface area (Å²) < 4.78 is 5.37. The first kappa shape index (κ1) is 16.2. The Morgan fingerprint density at radius 3 is 2.50 bits per heavy atom. The van der Waals surface area contributed by atoms with Gasteiger partial charge >= 0.3 is 0 Å². The van der Waals surface area contributed by atoms with E-state index in [-0.39, 0.29) is 0 Å². The molecule has 0 amide bonds. The van der Waals surface area contributed by atoms with E-state index in [0.29, 0.717) is 36.3 Å². The van der Waals surface area contributed by atoms with Gasteiger partial charge in [-0.15, -0.1) is 0 Å². The van der Waals surface area contributed by atoms with Gasteiger partial charge in [-0.25, -0.2) is 9.97 Å². The van der Waals surface area contributed by atoms with Crippen LogP contribution in [-0.4, -0.2) is 36.3 Å². The molecule has 2 aromatic rings. The molecule has 6 nitrogen and oxygen atoms in total. The zero-order valence-corrected chi connectivity index (χ0v) is 14.0. The van der Waals surface area contributed by atoms with Gasteiger partial charge in [0.15, 0.2) is 11.6 Å². The van der Waals surface area contributed by atoms with Crippen molar-refractivity contribution in [2.45, 2.75) is 19.8 Å². The summed E-state index contributed by atoms with van der Waals surface area (Å²) in [6.07, 6.45) is 1.50. The number of aromatic nitrogens is 2. The second-order valence-electron chi connectivity index (χ2n) is 6.03. The van der Waals surface area contributed by atoms with Crippen molar-refractivity contribution < 1.29 is 4.74 Å². The molecule has 1 aliphatic heterocycles. The third kappa shape index (κ3) is 3.47. The lowest BCUT2D eigenvalue weighted by Gasteiger charge is -2.28. The van der Waals surface area contributed by atoms with Crippen molar-refractivity contribution in [1.29, 1.82) is 5.26 Å². The van der Waals surface area contributed by atoms with Gasteiger partial charge in [-0.1, -0.05) is 26.0 Å². The van der Waals surface area contributed by atoms with Crippen molar-refractivity contribution >= 4 is 17.3 Å². The van der Waals surface area contributed by atoms with E-state index in [1.54, 1.807) is 0 Å². The van der Waals surface area contributed by atoms with Gasteiger partial charge in [0.2, 0.25) is 0 Å². The Kier molecular flexibility index (Phi) is 4.92. The first-order valence-corrected chi connectivity index (χ1v) is 8.14. The smallest absolute Gasteiger partial charge is 0.153 e. The molecule has 2 heterocycles.